The third kappa shape index (κ3) is 3.84. The molecule has 0 bridgehead atoms. The van der Waals surface area contributed by atoms with E-state index in [1.807, 2.05) is 13.8 Å². The van der Waals surface area contributed by atoms with Crippen molar-refractivity contribution in [3.05, 3.63) is 33.9 Å². The number of carbonyl (C=O) groups is 1. The van der Waals surface area contributed by atoms with Gasteiger partial charge >= 0.3 is 5.69 Å². The van der Waals surface area contributed by atoms with Crippen LogP contribution >= 0.6 is 0 Å². The van der Waals surface area contributed by atoms with E-state index in [2.05, 4.69) is 0 Å². The second-order valence-corrected chi connectivity index (χ2v) is 3.99. The zero-order chi connectivity index (χ0) is 13.5. The van der Waals surface area contributed by atoms with E-state index in [4.69, 9.17) is 4.74 Å². The molecule has 98 valence electrons. The predicted octanol–water partition coefficient (Wildman–Crippen LogP) is 2.91. The lowest BCUT2D eigenvalue weighted by Crippen LogP contribution is -2.11. The Morgan fingerprint density at radius 3 is 2.67 bits per heavy atom. The summed E-state index contributed by atoms with van der Waals surface area (Å²) in [6, 6.07) is 4.81. The van der Waals surface area contributed by atoms with E-state index >= 15 is 0 Å². The van der Waals surface area contributed by atoms with Crippen molar-refractivity contribution in [3.8, 4) is 5.75 Å². The molecule has 18 heavy (non-hydrogen) atoms. The number of benzene rings is 1. The van der Waals surface area contributed by atoms with Gasteiger partial charge in [-0.05, 0) is 24.5 Å². The van der Waals surface area contributed by atoms with Crippen LogP contribution in [0.15, 0.2) is 18.2 Å². The largest absolute Gasteiger partial charge is 0.479 e. The molecular formula is C13H17NO4. The van der Waals surface area contributed by atoms with Gasteiger partial charge in [-0.2, -0.15) is 0 Å². The Hall–Kier alpha value is -1.91. The van der Waals surface area contributed by atoms with Crippen molar-refractivity contribution in [1.29, 1.82) is 0 Å². The van der Waals surface area contributed by atoms with Gasteiger partial charge in [-0.3, -0.25) is 14.9 Å². The standard InChI is InChI=1S/C13H17NO4/c1-3-5-11(15)9-18-13-7-6-10(4-2)8-12(13)14(16)17/h6-8H,3-5,9H2,1-2H3. The van der Waals surface area contributed by atoms with Gasteiger partial charge in [0.2, 0.25) is 0 Å². The van der Waals surface area contributed by atoms with E-state index in [0.717, 1.165) is 18.4 Å². The Labute approximate surface area is 106 Å². The summed E-state index contributed by atoms with van der Waals surface area (Å²) in [5.74, 6) is 0.105. The molecule has 5 nitrogen and oxygen atoms in total. The first-order valence-electron chi connectivity index (χ1n) is 6.00. The fourth-order valence-electron chi connectivity index (χ4n) is 1.56. The topological polar surface area (TPSA) is 69.4 Å². The minimum Gasteiger partial charge on any atom is -0.479 e. The van der Waals surface area contributed by atoms with Gasteiger partial charge in [-0.1, -0.05) is 19.9 Å². The molecule has 0 fully saturated rings. The molecular weight excluding hydrogens is 234 g/mol. The lowest BCUT2D eigenvalue weighted by Gasteiger charge is -2.06. The normalized spacial score (nSPS) is 10.1. The molecule has 0 unspecified atom stereocenters. The van der Waals surface area contributed by atoms with Gasteiger partial charge < -0.3 is 4.74 Å². The van der Waals surface area contributed by atoms with Crippen LogP contribution in [0.25, 0.3) is 0 Å². The Morgan fingerprint density at radius 1 is 1.39 bits per heavy atom. The predicted molar refractivity (Wildman–Crippen MR) is 67.9 cm³/mol. The molecule has 0 amide bonds. The molecule has 5 heteroatoms. The first kappa shape index (κ1) is 14.2. The van der Waals surface area contributed by atoms with Gasteiger partial charge in [0.1, 0.15) is 6.61 Å². The van der Waals surface area contributed by atoms with Crippen LogP contribution in [0.2, 0.25) is 0 Å². The molecule has 1 aromatic carbocycles. The average molecular weight is 251 g/mol. The number of ketones is 1. The van der Waals surface area contributed by atoms with Crippen LogP contribution in [0.5, 0.6) is 5.75 Å². The Kier molecular flexibility index (Phi) is 5.30. The van der Waals surface area contributed by atoms with Gasteiger partial charge in [0, 0.05) is 12.5 Å². The maximum absolute atomic E-state index is 11.3. The van der Waals surface area contributed by atoms with Crippen molar-refractivity contribution in [2.75, 3.05) is 6.61 Å². The summed E-state index contributed by atoms with van der Waals surface area (Å²) in [7, 11) is 0. The van der Waals surface area contributed by atoms with Gasteiger partial charge in [-0.15, -0.1) is 0 Å². The van der Waals surface area contributed by atoms with Crippen molar-refractivity contribution in [1.82, 2.24) is 0 Å². The summed E-state index contributed by atoms with van der Waals surface area (Å²) in [6.07, 6.45) is 1.90. The highest BCUT2D eigenvalue weighted by atomic mass is 16.6. The number of aryl methyl sites for hydroxylation is 1. The average Bonchev–Trinajstić information content (AvgIpc) is 2.36. The molecule has 1 rings (SSSR count). The first-order chi connectivity index (χ1) is 8.58. The minimum absolute atomic E-state index is 0.0497. The summed E-state index contributed by atoms with van der Waals surface area (Å²) in [5.41, 5.74) is 0.785. The van der Waals surface area contributed by atoms with Crippen LogP contribution in [0, 0.1) is 10.1 Å². The summed E-state index contributed by atoms with van der Waals surface area (Å²) >= 11 is 0. The van der Waals surface area contributed by atoms with E-state index in [0.29, 0.717) is 6.42 Å². The number of nitro groups is 1. The molecule has 0 saturated heterocycles. The van der Waals surface area contributed by atoms with E-state index < -0.39 is 4.92 Å². The number of nitro benzene ring substituents is 1. The Bertz CT molecular complexity index is 443. The van der Waals surface area contributed by atoms with Crippen molar-refractivity contribution >= 4 is 11.5 Å². The molecule has 0 saturated carbocycles. The maximum atomic E-state index is 11.3. The van der Waals surface area contributed by atoms with E-state index in [1.165, 1.54) is 6.07 Å². The van der Waals surface area contributed by atoms with Crippen LogP contribution in [-0.4, -0.2) is 17.3 Å². The van der Waals surface area contributed by atoms with Crippen LogP contribution in [0.3, 0.4) is 0 Å². The van der Waals surface area contributed by atoms with Crippen LogP contribution in [0.4, 0.5) is 5.69 Å². The Morgan fingerprint density at radius 2 is 2.11 bits per heavy atom. The monoisotopic (exact) mass is 251 g/mol. The summed E-state index contributed by atoms with van der Waals surface area (Å²) in [6.45, 7) is 3.71. The Balaban J connectivity index is 2.81. The van der Waals surface area contributed by atoms with E-state index in [-0.39, 0.29) is 23.8 Å². The summed E-state index contributed by atoms with van der Waals surface area (Å²) in [5, 5.41) is 10.9. The lowest BCUT2D eigenvalue weighted by molar-refractivity contribution is -0.385. The van der Waals surface area contributed by atoms with Gasteiger partial charge in [0.25, 0.3) is 0 Å². The smallest absolute Gasteiger partial charge is 0.311 e. The third-order valence-electron chi connectivity index (χ3n) is 2.55. The summed E-state index contributed by atoms with van der Waals surface area (Å²) < 4.78 is 5.22. The van der Waals surface area contributed by atoms with Crippen molar-refractivity contribution in [2.24, 2.45) is 0 Å². The summed E-state index contributed by atoms with van der Waals surface area (Å²) in [4.78, 5) is 21.7. The number of ether oxygens (including phenoxy) is 1. The number of hydrogen-bond acceptors (Lipinski definition) is 4. The SMILES string of the molecule is CCCC(=O)COc1ccc(CC)cc1[N+](=O)[O-]. The zero-order valence-electron chi connectivity index (χ0n) is 10.6. The van der Waals surface area contributed by atoms with Crippen LogP contribution in [-0.2, 0) is 11.2 Å². The van der Waals surface area contributed by atoms with Gasteiger partial charge in [0.05, 0.1) is 4.92 Å². The number of carbonyl (C=O) groups excluding carboxylic acids is 1. The molecule has 0 N–H and O–H groups in total. The molecule has 0 atom stereocenters. The van der Waals surface area contributed by atoms with Gasteiger partial charge in [-0.25, -0.2) is 0 Å². The second kappa shape index (κ2) is 6.74. The van der Waals surface area contributed by atoms with Crippen molar-refractivity contribution in [3.63, 3.8) is 0 Å². The number of nitrogens with zero attached hydrogens (tertiary/aromatic N) is 1. The molecule has 0 aliphatic rings. The highest BCUT2D eigenvalue weighted by Gasteiger charge is 2.16. The second-order valence-electron chi connectivity index (χ2n) is 3.99. The zero-order valence-corrected chi connectivity index (χ0v) is 10.6. The highest BCUT2D eigenvalue weighted by Crippen LogP contribution is 2.28. The van der Waals surface area contributed by atoms with E-state index in [1.54, 1.807) is 12.1 Å². The molecule has 0 aromatic heterocycles. The first-order valence-corrected chi connectivity index (χ1v) is 6.00. The minimum atomic E-state index is -0.487. The molecule has 0 aliphatic carbocycles. The fraction of sp³-hybridized carbons (Fsp3) is 0.462. The van der Waals surface area contributed by atoms with Crippen molar-refractivity contribution < 1.29 is 14.5 Å². The van der Waals surface area contributed by atoms with Gasteiger partial charge in [0.15, 0.2) is 11.5 Å². The molecule has 0 radical (unpaired) electrons. The number of hydrogen-bond donors (Lipinski definition) is 0. The molecule has 1 aromatic rings. The number of Topliss-reactive ketones (excluding diaryl/α,β-unsaturated/α-hetero) is 1. The third-order valence-corrected chi connectivity index (χ3v) is 2.55. The van der Waals surface area contributed by atoms with Crippen LogP contribution < -0.4 is 4.74 Å². The fourth-order valence-corrected chi connectivity index (χ4v) is 1.56. The molecule has 0 heterocycles. The molecule has 0 aliphatic heterocycles. The van der Waals surface area contributed by atoms with Crippen LogP contribution in [0.1, 0.15) is 32.3 Å². The number of rotatable bonds is 7. The molecule has 0 spiro atoms. The quantitative estimate of drug-likeness (QED) is 0.552. The highest BCUT2D eigenvalue weighted by molar-refractivity contribution is 5.80. The van der Waals surface area contributed by atoms with E-state index in [9.17, 15) is 14.9 Å². The lowest BCUT2D eigenvalue weighted by atomic mass is 10.1. The van der Waals surface area contributed by atoms with Crippen molar-refractivity contribution in [2.45, 2.75) is 33.1 Å². The maximum Gasteiger partial charge on any atom is 0.311 e.